The van der Waals surface area contributed by atoms with Gasteiger partial charge in [-0.2, -0.15) is 5.10 Å². The van der Waals surface area contributed by atoms with E-state index in [-0.39, 0.29) is 12.4 Å². The molecule has 208 valence electrons. The first-order valence-corrected chi connectivity index (χ1v) is 14.7. The van der Waals surface area contributed by atoms with Crippen molar-refractivity contribution in [3.8, 4) is 17.2 Å². The molecule has 5 rings (SSSR count). The summed E-state index contributed by atoms with van der Waals surface area (Å²) in [6, 6.07) is 29.1. The van der Waals surface area contributed by atoms with Crippen molar-refractivity contribution < 1.29 is 18.7 Å². The molecule has 41 heavy (non-hydrogen) atoms. The van der Waals surface area contributed by atoms with Gasteiger partial charge in [0.25, 0.3) is 0 Å². The lowest BCUT2D eigenvalue weighted by Gasteiger charge is -2.10. The van der Waals surface area contributed by atoms with Gasteiger partial charge in [0.2, 0.25) is 0 Å². The van der Waals surface area contributed by atoms with E-state index in [1.807, 2.05) is 66.7 Å². The first-order chi connectivity index (χ1) is 19.9. The van der Waals surface area contributed by atoms with Crippen LogP contribution in [0.2, 0.25) is 0 Å². The zero-order valence-corrected chi connectivity index (χ0v) is 26.2. The third kappa shape index (κ3) is 7.47. The van der Waals surface area contributed by atoms with E-state index in [0.717, 1.165) is 30.6 Å². The monoisotopic (exact) mass is 723 g/mol. The summed E-state index contributed by atoms with van der Waals surface area (Å²) in [5, 5.41) is 4.07. The van der Waals surface area contributed by atoms with E-state index in [1.54, 1.807) is 18.3 Å². The highest BCUT2D eigenvalue weighted by atomic mass is 127. The lowest BCUT2D eigenvalue weighted by molar-refractivity contribution is 0.0923. The minimum Gasteiger partial charge on any atom is -0.488 e. The summed E-state index contributed by atoms with van der Waals surface area (Å²) < 4.78 is 21.6. The van der Waals surface area contributed by atoms with E-state index >= 15 is 0 Å². The molecule has 0 aliphatic carbocycles. The summed E-state index contributed by atoms with van der Waals surface area (Å²) in [6.07, 6.45) is 1.58. The van der Waals surface area contributed by atoms with Crippen molar-refractivity contribution in [3.05, 3.63) is 133 Å². The molecule has 0 unspecified atom stereocenters. The third-order valence-electron chi connectivity index (χ3n) is 6.28. The van der Waals surface area contributed by atoms with Gasteiger partial charge in [-0.05, 0) is 126 Å². The summed E-state index contributed by atoms with van der Waals surface area (Å²) in [4.78, 5) is 12.5. The van der Waals surface area contributed by atoms with Crippen LogP contribution >= 0.6 is 38.5 Å². The zero-order valence-electron chi connectivity index (χ0n) is 22.4. The van der Waals surface area contributed by atoms with Gasteiger partial charge in [-0.25, -0.2) is 5.43 Å². The number of ether oxygens (including phenoxy) is 2. The van der Waals surface area contributed by atoms with Crippen LogP contribution in [0, 0.1) is 17.4 Å². The van der Waals surface area contributed by atoms with E-state index < -0.39 is 5.91 Å². The smallest absolute Gasteiger partial charge is 0.307 e. The Labute approximate surface area is 260 Å². The van der Waals surface area contributed by atoms with Crippen LogP contribution < -0.4 is 14.9 Å². The van der Waals surface area contributed by atoms with Crippen molar-refractivity contribution in [2.75, 3.05) is 0 Å². The van der Waals surface area contributed by atoms with E-state index in [0.29, 0.717) is 18.1 Å². The van der Waals surface area contributed by atoms with Gasteiger partial charge >= 0.3 is 5.91 Å². The molecule has 0 aliphatic heterocycles. The molecule has 1 amide bonds. The number of carbonyl (C=O) groups is 1. The fourth-order valence-electron chi connectivity index (χ4n) is 4.18. The van der Waals surface area contributed by atoms with Crippen LogP contribution in [0.5, 0.6) is 11.5 Å². The van der Waals surface area contributed by atoms with Crippen molar-refractivity contribution in [2.24, 2.45) is 5.10 Å². The first kappa shape index (κ1) is 28.7. The molecular formula is C32H27BrIN3O4. The zero-order chi connectivity index (χ0) is 28.8. The van der Waals surface area contributed by atoms with Crippen molar-refractivity contribution in [3.63, 3.8) is 0 Å². The molecule has 7 nitrogen and oxygen atoms in total. The molecule has 0 saturated carbocycles. The number of benzene rings is 3. The van der Waals surface area contributed by atoms with Crippen LogP contribution in [0.1, 0.15) is 38.8 Å². The number of hydrazone groups is 1. The summed E-state index contributed by atoms with van der Waals surface area (Å²) in [5.41, 5.74) is 7.83. The summed E-state index contributed by atoms with van der Waals surface area (Å²) >= 11 is 5.66. The standard InChI is InChI=1S/C32H27BrIN3O4/c1-21-3-4-22(2)37(21)26-10-12-27(13-11-26)39-20-28-14-16-31(41-28)32(38)36-35-18-24-7-15-30(29(34)17-24)40-19-23-5-8-25(33)9-6-23/h3-18H,19-20H2,1-2H3,(H,36,38)/b35-18+. The normalized spacial score (nSPS) is 11.1. The number of nitrogens with zero attached hydrogens (tertiary/aromatic N) is 2. The van der Waals surface area contributed by atoms with E-state index in [2.05, 4.69) is 79.6 Å². The summed E-state index contributed by atoms with van der Waals surface area (Å²) in [6.45, 7) is 4.83. The van der Waals surface area contributed by atoms with Gasteiger partial charge in [-0.1, -0.05) is 28.1 Å². The number of hydrogen-bond acceptors (Lipinski definition) is 5. The Hall–Kier alpha value is -3.83. The molecule has 0 spiro atoms. The molecule has 2 heterocycles. The third-order valence-corrected chi connectivity index (χ3v) is 7.65. The van der Waals surface area contributed by atoms with Crippen molar-refractivity contribution in [1.82, 2.24) is 9.99 Å². The maximum atomic E-state index is 12.5. The van der Waals surface area contributed by atoms with Gasteiger partial charge in [0.1, 0.15) is 30.5 Å². The predicted molar refractivity (Wildman–Crippen MR) is 171 cm³/mol. The average molecular weight is 724 g/mol. The minimum atomic E-state index is -0.446. The quantitative estimate of drug-likeness (QED) is 0.0901. The maximum Gasteiger partial charge on any atom is 0.307 e. The van der Waals surface area contributed by atoms with E-state index in [1.165, 1.54) is 11.4 Å². The molecule has 3 aromatic carbocycles. The molecule has 1 N–H and O–H groups in total. The number of aryl methyl sites for hydroxylation is 2. The molecule has 0 bridgehead atoms. The predicted octanol–water partition coefficient (Wildman–Crippen LogP) is 7.98. The van der Waals surface area contributed by atoms with Gasteiger partial charge < -0.3 is 18.5 Å². The molecule has 0 radical (unpaired) electrons. The Morgan fingerprint density at radius 3 is 2.37 bits per heavy atom. The molecule has 0 atom stereocenters. The van der Waals surface area contributed by atoms with Gasteiger partial charge in [-0.3, -0.25) is 4.79 Å². The second-order valence-electron chi connectivity index (χ2n) is 9.30. The molecule has 5 aromatic rings. The van der Waals surface area contributed by atoms with Crippen LogP contribution in [0.3, 0.4) is 0 Å². The molecule has 0 aliphatic rings. The van der Waals surface area contributed by atoms with Crippen molar-refractivity contribution >= 4 is 50.6 Å². The van der Waals surface area contributed by atoms with Gasteiger partial charge in [0.05, 0.1) is 9.78 Å². The lowest BCUT2D eigenvalue weighted by atomic mass is 10.2. The molecule has 2 aromatic heterocycles. The summed E-state index contributed by atoms with van der Waals surface area (Å²) in [7, 11) is 0. The Morgan fingerprint density at radius 1 is 0.927 bits per heavy atom. The first-order valence-electron chi connectivity index (χ1n) is 12.8. The number of nitrogens with one attached hydrogen (secondary N) is 1. The number of aromatic nitrogens is 1. The van der Waals surface area contributed by atoms with Gasteiger partial charge in [0.15, 0.2) is 5.76 Å². The minimum absolute atomic E-state index is 0.154. The van der Waals surface area contributed by atoms with Crippen LogP contribution in [-0.4, -0.2) is 16.7 Å². The topological polar surface area (TPSA) is 78.0 Å². The summed E-state index contributed by atoms with van der Waals surface area (Å²) in [5.74, 6) is 1.73. The average Bonchev–Trinajstić information content (AvgIpc) is 3.58. The number of halogens is 2. The molecule has 0 saturated heterocycles. The molecule has 9 heteroatoms. The van der Waals surface area contributed by atoms with Crippen molar-refractivity contribution in [1.29, 1.82) is 0 Å². The number of carbonyl (C=O) groups excluding carboxylic acids is 1. The second-order valence-corrected chi connectivity index (χ2v) is 11.4. The van der Waals surface area contributed by atoms with E-state index in [9.17, 15) is 4.79 Å². The van der Waals surface area contributed by atoms with Crippen LogP contribution in [0.15, 0.2) is 105 Å². The Balaban J connectivity index is 1.10. The maximum absolute atomic E-state index is 12.5. The Kier molecular flexibility index (Phi) is 9.25. The molecule has 0 fully saturated rings. The molecular weight excluding hydrogens is 697 g/mol. The Bertz CT molecular complexity index is 1650. The lowest BCUT2D eigenvalue weighted by Crippen LogP contribution is -2.16. The number of hydrogen-bond donors (Lipinski definition) is 1. The second kappa shape index (κ2) is 13.2. The highest BCUT2D eigenvalue weighted by Crippen LogP contribution is 2.24. The Morgan fingerprint density at radius 2 is 1.66 bits per heavy atom. The fourth-order valence-corrected chi connectivity index (χ4v) is 5.14. The van der Waals surface area contributed by atoms with Crippen molar-refractivity contribution in [2.45, 2.75) is 27.1 Å². The number of furan rings is 1. The van der Waals surface area contributed by atoms with E-state index in [4.69, 9.17) is 13.9 Å². The van der Waals surface area contributed by atoms with Gasteiger partial charge in [-0.15, -0.1) is 0 Å². The van der Waals surface area contributed by atoms with Crippen LogP contribution in [0.25, 0.3) is 5.69 Å². The fraction of sp³-hybridized carbons (Fsp3) is 0.125. The van der Waals surface area contributed by atoms with Crippen LogP contribution in [0.4, 0.5) is 0 Å². The largest absolute Gasteiger partial charge is 0.488 e. The highest BCUT2D eigenvalue weighted by Gasteiger charge is 2.11. The highest BCUT2D eigenvalue weighted by molar-refractivity contribution is 14.1. The van der Waals surface area contributed by atoms with Crippen LogP contribution in [-0.2, 0) is 13.2 Å². The number of rotatable bonds is 10. The van der Waals surface area contributed by atoms with Gasteiger partial charge in [0, 0.05) is 21.5 Å². The number of amides is 1. The SMILES string of the molecule is Cc1ccc(C)n1-c1ccc(OCc2ccc(C(=O)N/N=C/c3ccc(OCc4ccc(Br)cc4)c(I)c3)o2)cc1.